The molecule has 0 saturated carbocycles. The zero-order valence-electron chi connectivity index (χ0n) is 18.6. The predicted molar refractivity (Wildman–Crippen MR) is 128 cm³/mol. The molecule has 170 valence electrons. The lowest BCUT2D eigenvalue weighted by atomic mass is 10.1. The molecule has 0 aromatic carbocycles. The monoisotopic (exact) mass is 454 g/mol. The second kappa shape index (κ2) is 8.66. The molecule has 0 amide bonds. The third-order valence-corrected chi connectivity index (χ3v) is 5.43. The minimum Gasteiger partial charge on any atom is -0.481 e. The predicted octanol–water partition coefficient (Wildman–Crippen LogP) is 3.55. The standard InChI is InChI=1S/C13H12N4O2.C11H10N4/c1-17-7-10(6-16-17)8-2-11-9(3-12(18)19)5-15-13(11)14-4-8;1-15-7-10(6-14-15)9-4-8-2-3-12-11(8)13-5-9/h2,4-7H,3H2,1H3,(H,14,15)(H,18,19);2-7H,1H3,(H,12,13). The van der Waals surface area contributed by atoms with Crippen molar-refractivity contribution in [3.8, 4) is 22.3 Å². The summed E-state index contributed by atoms with van der Waals surface area (Å²) in [5.41, 5.74) is 6.42. The lowest BCUT2D eigenvalue weighted by Gasteiger charge is -1.99. The third kappa shape index (κ3) is 4.29. The normalized spacial score (nSPS) is 11.0. The van der Waals surface area contributed by atoms with Gasteiger partial charge in [0.15, 0.2) is 0 Å². The minimum atomic E-state index is -0.854. The Morgan fingerprint density at radius 3 is 2.15 bits per heavy atom. The number of carboxylic acids is 1. The van der Waals surface area contributed by atoms with Crippen LogP contribution in [-0.4, -0.2) is 50.6 Å². The number of aromatic nitrogens is 8. The fraction of sp³-hybridized carbons (Fsp3) is 0.125. The van der Waals surface area contributed by atoms with Crippen molar-refractivity contribution in [2.45, 2.75) is 6.42 Å². The maximum Gasteiger partial charge on any atom is 0.307 e. The van der Waals surface area contributed by atoms with Crippen LogP contribution in [0.25, 0.3) is 44.3 Å². The Labute approximate surface area is 193 Å². The molecular weight excluding hydrogens is 432 g/mol. The van der Waals surface area contributed by atoms with Gasteiger partial charge in [0, 0.05) is 84.3 Å². The largest absolute Gasteiger partial charge is 0.481 e. The topological polar surface area (TPSA) is 130 Å². The molecule has 3 N–H and O–H groups in total. The van der Waals surface area contributed by atoms with Gasteiger partial charge in [-0.3, -0.25) is 14.2 Å². The fourth-order valence-electron chi connectivity index (χ4n) is 3.76. The first kappa shape index (κ1) is 21.1. The maximum atomic E-state index is 10.8. The molecule has 6 rings (SSSR count). The summed E-state index contributed by atoms with van der Waals surface area (Å²) < 4.78 is 3.51. The quantitative estimate of drug-likeness (QED) is 0.373. The number of aromatic amines is 2. The molecule has 6 aromatic rings. The van der Waals surface area contributed by atoms with Crippen molar-refractivity contribution in [2.75, 3.05) is 0 Å². The van der Waals surface area contributed by atoms with Crippen LogP contribution in [0.1, 0.15) is 5.56 Å². The Morgan fingerprint density at radius 1 is 0.882 bits per heavy atom. The molecular formula is C24H22N8O2. The van der Waals surface area contributed by atoms with E-state index in [2.05, 4.69) is 36.2 Å². The molecule has 0 bridgehead atoms. The second-order valence-electron chi connectivity index (χ2n) is 7.95. The highest BCUT2D eigenvalue weighted by Gasteiger charge is 2.10. The number of H-pyrrole nitrogens is 2. The molecule has 0 aliphatic heterocycles. The number of aryl methyl sites for hydroxylation is 2. The fourth-order valence-corrected chi connectivity index (χ4v) is 3.76. The number of nitrogens with zero attached hydrogens (tertiary/aromatic N) is 6. The zero-order valence-corrected chi connectivity index (χ0v) is 18.6. The van der Waals surface area contributed by atoms with Gasteiger partial charge in [0.05, 0.1) is 18.8 Å². The van der Waals surface area contributed by atoms with Gasteiger partial charge in [-0.05, 0) is 23.8 Å². The smallest absolute Gasteiger partial charge is 0.307 e. The lowest BCUT2D eigenvalue weighted by molar-refractivity contribution is -0.136. The Bertz CT molecular complexity index is 1600. The molecule has 0 saturated heterocycles. The van der Waals surface area contributed by atoms with E-state index in [1.807, 2.05) is 57.2 Å². The third-order valence-electron chi connectivity index (χ3n) is 5.43. The van der Waals surface area contributed by atoms with E-state index in [-0.39, 0.29) is 6.42 Å². The Morgan fingerprint density at radius 2 is 1.53 bits per heavy atom. The number of fused-ring (bicyclic) bond motifs is 2. The lowest BCUT2D eigenvalue weighted by Crippen LogP contribution is -1.98. The zero-order chi connectivity index (χ0) is 23.7. The second-order valence-corrected chi connectivity index (χ2v) is 7.95. The highest BCUT2D eigenvalue weighted by atomic mass is 16.4. The van der Waals surface area contributed by atoms with Crippen molar-refractivity contribution in [3.63, 3.8) is 0 Å². The first-order valence-electron chi connectivity index (χ1n) is 10.6. The summed E-state index contributed by atoms with van der Waals surface area (Å²) in [7, 11) is 3.76. The summed E-state index contributed by atoms with van der Waals surface area (Å²) in [5.74, 6) is -0.854. The Kier molecular flexibility index (Phi) is 5.38. The van der Waals surface area contributed by atoms with E-state index in [1.165, 1.54) is 0 Å². The number of hydrogen-bond acceptors (Lipinski definition) is 5. The minimum absolute atomic E-state index is 0.0157. The molecule has 6 aromatic heterocycles. The van der Waals surface area contributed by atoms with E-state index in [0.29, 0.717) is 5.65 Å². The molecule has 0 aliphatic rings. The molecule has 0 spiro atoms. The van der Waals surface area contributed by atoms with Gasteiger partial charge in [0.2, 0.25) is 0 Å². The van der Waals surface area contributed by atoms with E-state index in [9.17, 15) is 4.79 Å². The molecule has 34 heavy (non-hydrogen) atoms. The van der Waals surface area contributed by atoms with Crippen molar-refractivity contribution >= 4 is 28.0 Å². The molecule has 0 radical (unpaired) electrons. The van der Waals surface area contributed by atoms with E-state index in [1.54, 1.807) is 28.0 Å². The average molecular weight is 454 g/mol. The van der Waals surface area contributed by atoms with Gasteiger partial charge in [-0.15, -0.1) is 0 Å². The Balaban J connectivity index is 0.000000145. The van der Waals surface area contributed by atoms with Crippen molar-refractivity contribution in [1.29, 1.82) is 0 Å². The van der Waals surface area contributed by atoms with Gasteiger partial charge < -0.3 is 15.1 Å². The molecule has 10 heteroatoms. The summed E-state index contributed by atoms with van der Waals surface area (Å²) in [6.07, 6.45) is 14.7. The number of carboxylic acid groups (broad SMARTS) is 1. The summed E-state index contributed by atoms with van der Waals surface area (Å²) in [5, 5.41) is 19.1. The van der Waals surface area contributed by atoms with Gasteiger partial charge >= 0.3 is 5.97 Å². The summed E-state index contributed by atoms with van der Waals surface area (Å²) in [4.78, 5) is 25.5. The number of pyridine rings is 2. The molecule has 6 heterocycles. The van der Waals surface area contributed by atoms with Crippen LogP contribution in [0.15, 0.2) is 67.8 Å². The highest BCUT2D eigenvalue weighted by molar-refractivity contribution is 5.87. The van der Waals surface area contributed by atoms with Crippen LogP contribution in [0.3, 0.4) is 0 Å². The maximum absolute atomic E-state index is 10.8. The van der Waals surface area contributed by atoms with E-state index in [4.69, 9.17) is 5.11 Å². The van der Waals surface area contributed by atoms with Crippen LogP contribution in [-0.2, 0) is 25.3 Å². The number of carbonyl (C=O) groups is 1. The van der Waals surface area contributed by atoms with Gasteiger partial charge in [-0.25, -0.2) is 9.97 Å². The van der Waals surface area contributed by atoms with Crippen LogP contribution in [0, 0.1) is 0 Å². The van der Waals surface area contributed by atoms with Crippen LogP contribution in [0.4, 0.5) is 0 Å². The van der Waals surface area contributed by atoms with Gasteiger partial charge in [0.25, 0.3) is 0 Å². The summed E-state index contributed by atoms with van der Waals surface area (Å²) in [6.45, 7) is 0. The van der Waals surface area contributed by atoms with Crippen LogP contribution in [0.5, 0.6) is 0 Å². The van der Waals surface area contributed by atoms with Gasteiger partial charge in [-0.2, -0.15) is 10.2 Å². The first-order valence-corrected chi connectivity index (χ1v) is 10.6. The number of rotatable bonds is 4. The molecule has 0 aliphatic carbocycles. The van der Waals surface area contributed by atoms with Crippen molar-refractivity contribution in [3.05, 3.63) is 73.3 Å². The molecule has 0 fully saturated rings. The summed E-state index contributed by atoms with van der Waals surface area (Å²) >= 11 is 0. The van der Waals surface area contributed by atoms with Crippen LogP contribution >= 0.6 is 0 Å². The van der Waals surface area contributed by atoms with Crippen LogP contribution < -0.4 is 0 Å². The van der Waals surface area contributed by atoms with Gasteiger partial charge in [-0.1, -0.05) is 0 Å². The van der Waals surface area contributed by atoms with Crippen molar-refractivity contribution in [2.24, 2.45) is 14.1 Å². The molecule has 10 nitrogen and oxygen atoms in total. The highest BCUT2D eigenvalue weighted by Crippen LogP contribution is 2.24. The number of nitrogens with one attached hydrogen (secondary N) is 2. The Hall–Kier alpha value is -4.73. The van der Waals surface area contributed by atoms with E-state index >= 15 is 0 Å². The van der Waals surface area contributed by atoms with Crippen LogP contribution in [0.2, 0.25) is 0 Å². The molecule has 0 unspecified atom stereocenters. The van der Waals surface area contributed by atoms with Gasteiger partial charge in [0.1, 0.15) is 11.3 Å². The SMILES string of the molecule is Cn1cc(-c2cnc3[nH]cc(CC(=O)O)c3c2)cn1.Cn1cc(-c2cnc3[nH]ccc3c2)cn1. The number of hydrogen-bond donors (Lipinski definition) is 3. The van der Waals surface area contributed by atoms with E-state index < -0.39 is 5.97 Å². The van der Waals surface area contributed by atoms with Crippen molar-refractivity contribution < 1.29 is 9.90 Å². The molecule has 0 atom stereocenters. The number of aliphatic carboxylic acids is 1. The average Bonchev–Trinajstić information content (AvgIpc) is 3.61. The first-order chi connectivity index (χ1) is 16.5. The summed E-state index contributed by atoms with van der Waals surface area (Å²) in [6, 6.07) is 6.06. The van der Waals surface area contributed by atoms with Crippen molar-refractivity contribution in [1.82, 2.24) is 39.5 Å². The van der Waals surface area contributed by atoms with E-state index in [0.717, 1.165) is 44.2 Å².